The average molecular weight is 175 g/mol. The molecule has 0 aromatic heterocycles. The van der Waals surface area contributed by atoms with Gasteiger partial charge in [-0.25, -0.2) is 0 Å². The maximum atomic E-state index is 10.3. The Labute approximate surface area is 70.3 Å². The van der Waals surface area contributed by atoms with E-state index >= 15 is 0 Å². The number of carboxylic acids is 1. The van der Waals surface area contributed by atoms with Crippen LogP contribution in [0, 0.1) is 0 Å². The monoisotopic (exact) mass is 175 g/mol. The molecule has 0 aliphatic heterocycles. The molecule has 0 aromatic carbocycles. The second-order valence-electron chi connectivity index (χ2n) is 2.83. The molecule has 0 amide bonds. The molecule has 0 aromatic rings. The van der Waals surface area contributed by atoms with Gasteiger partial charge in [-0.1, -0.05) is 6.42 Å². The van der Waals surface area contributed by atoms with Gasteiger partial charge in [-0.15, -0.1) is 0 Å². The average Bonchev–Trinajstić information content (AvgIpc) is 1.83. The van der Waals surface area contributed by atoms with E-state index in [1.165, 1.54) is 19.3 Å². The fourth-order valence-corrected chi connectivity index (χ4v) is 2.14. The molecule has 1 atom stereocenters. The van der Waals surface area contributed by atoms with Gasteiger partial charge in [-0.05, 0) is 12.8 Å². The van der Waals surface area contributed by atoms with Gasteiger partial charge in [0.15, 0.2) is 0 Å². The number of carbonyl (C=O) groups is 1. The van der Waals surface area contributed by atoms with Crippen molar-refractivity contribution < 1.29 is 9.90 Å². The summed E-state index contributed by atoms with van der Waals surface area (Å²) in [5.74, 6) is -0.336. The summed E-state index contributed by atoms with van der Waals surface area (Å²) in [5, 5.41) is 9.13. The molecule has 0 radical (unpaired) electrons. The molecule has 1 unspecified atom stereocenters. The zero-order chi connectivity index (χ0) is 8.27. The minimum atomic E-state index is -0.892. The Balaban J connectivity index is 2.05. The van der Waals surface area contributed by atoms with Crippen LogP contribution >= 0.6 is 11.8 Å². The lowest BCUT2D eigenvalue weighted by atomic mass is 10.0. The highest BCUT2D eigenvalue weighted by Crippen LogP contribution is 2.31. The normalized spacial score (nSPS) is 20.8. The Morgan fingerprint density at radius 3 is 2.73 bits per heavy atom. The highest BCUT2D eigenvalue weighted by Gasteiger charge is 2.20. The summed E-state index contributed by atoms with van der Waals surface area (Å²) >= 11 is 1.69. The van der Waals surface area contributed by atoms with Crippen LogP contribution in [-0.4, -0.2) is 28.1 Å². The van der Waals surface area contributed by atoms with Gasteiger partial charge in [0.25, 0.3) is 0 Å². The quantitative estimate of drug-likeness (QED) is 0.659. The molecular weight excluding hydrogens is 162 g/mol. The van der Waals surface area contributed by atoms with Crippen molar-refractivity contribution in [2.24, 2.45) is 5.73 Å². The van der Waals surface area contributed by atoms with E-state index in [4.69, 9.17) is 10.8 Å². The van der Waals surface area contributed by atoms with Gasteiger partial charge >= 0.3 is 5.97 Å². The number of carboxylic acid groups (broad SMARTS) is 1. The second kappa shape index (κ2) is 3.97. The molecule has 0 spiro atoms. The second-order valence-corrected chi connectivity index (χ2v) is 4.16. The number of hydrogen-bond donors (Lipinski definition) is 2. The van der Waals surface area contributed by atoms with Crippen molar-refractivity contribution in [1.82, 2.24) is 0 Å². The van der Waals surface area contributed by atoms with Crippen LogP contribution in [0.4, 0.5) is 0 Å². The molecule has 3 nitrogen and oxygen atoms in total. The molecule has 1 rings (SSSR count). The Hall–Kier alpha value is -0.220. The van der Waals surface area contributed by atoms with Crippen LogP contribution in [0.5, 0.6) is 0 Å². The lowest BCUT2D eigenvalue weighted by Crippen LogP contribution is -2.33. The Morgan fingerprint density at radius 2 is 2.36 bits per heavy atom. The van der Waals surface area contributed by atoms with Gasteiger partial charge in [-0.2, -0.15) is 11.8 Å². The standard InChI is InChI=1S/C7H13NO2S/c8-6(7(9)10)4-11-5-2-1-3-5/h5-6H,1-4,8H2,(H,9,10). The van der Waals surface area contributed by atoms with Crippen molar-refractivity contribution in [2.45, 2.75) is 30.6 Å². The first-order valence-corrected chi connectivity index (χ1v) is 4.85. The van der Waals surface area contributed by atoms with E-state index in [9.17, 15) is 4.79 Å². The molecule has 1 saturated carbocycles. The van der Waals surface area contributed by atoms with Crippen molar-refractivity contribution in [1.29, 1.82) is 0 Å². The third-order valence-electron chi connectivity index (χ3n) is 1.88. The van der Waals surface area contributed by atoms with Crippen molar-refractivity contribution >= 4 is 17.7 Å². The summed E-state index contributed by atoms with van der Waals surface area (Å²) in [6.45, 7) is 0. The van der Waals surface area contributed by atoms with Crippen LogP contribution in [-0.2, 0) is 4.79 Å². The Bertz CT molecular complexity index is 147. The highest BCUT2D eigenvalue weighted by atomic mass is 32.2. The van der Waals surface area contributed by atoms with Crippen LogP contribution in [0.15, 0.2) is 0 Å². The maximum absolute atomic E-state index is 10.3. The van der Waals surface area contributed by atoms with Crippen LogP contribution in [0.2, 0.25) is 0 Å². The molecule has 1 fully saturated rings. The van der Waals surface area contributed by atoms with Crippen molar-refractivity contribution in [3.05, 3.63) is 0 Å². The lowest BCUT2D eigenvalue weighted by Gasteiger charge is -2.25. The Morgan fingerprint density at radius 1 is 1.73 bits per heavy atom. The van der Waals surface area contributed by atoms with Gasteiger partial charge in [0.1, 0.15) is 6.04 Å². The zero-order valence-electron chi connectivity index (χ0n) is 6.32. The minimum absolute atomic E-state index is 0.556. The minimum Gasteiger partial charge on any atom is -0.480 e. The van der Waals surface area contributed by atoms with Gasteiger partial charge in [0, 0.05) is 11.0 Å². The summed E-state index contributed by atoms with van der Waals surface area (Å²) in [6, 6.07) is -0.680. The van der Waals surface area contributed by atoms with Crippen molar-refractivity contribution in [3.63, 3.8) is 0 Å². The molecule has 64 valence electrons. The molecule has 4 heteroatoms. The van der Waals surface area contributed by atoms with E-state index in [0.29, 0.717) is 11.0 Å². The Kier molecular flexibility index (Phi) is 3.20. The third kappa shape index (κ3) is 2.71. The van der Waals surface area contributed by atoms with E-state index in [-0.39, 0.29) is 0 Å². The fraction of sp³-hybridized carbons (Fsp3) is 0.857. The molecule has 3 N–H and O–H groups in total. The zero-order valence-corrected chi connectivity index (χ0v) is 7.14. The smallest absolute Gasteiger partial charge is 0.321 e. The van der Waals surface area contributed by atoms with E-state index in [1.54, 1.807) is 11.8 Å². The van der Waals surface area contributed by atoms with E-state index < -0.39 is 12.0 Å². The molecule has 1 aliphatic carbocycles. The van der Waals surface area contributed by atoms with Crippen molar-refractivity contribution in [2.75, 3.05) is 5.75 Å². The first kappa shape index (κ1) is 8.87. The number of hydrogen-bond acceptors (Lipinski definition) is 3. The van der Waals surface area contributed by atoms with Gasteiger partial charge in [-0.3, -0.25) is 4.79 Å². The first-order valence-electron chi connectivity index (χ1n) is 3.80. The predicted molar refractivity (Wildman–Crippen MR) is 45.7 cm³/mol. The number of aliphatic carboxylic acids is 1. The lowest BCUT2D eigenvalue weighted by molar-refractivity contribution is -0.137. The van der Waals surface area contributed by atoms with Gasteiger partial charge < -0.3 is 10.8 Å². The predicted octanol–water partition coefficient (Wildman–Crippen LogP) is 0.684. The van der Waals surface area contributed by atoms with Crippen LogP contribution < -0.4 is 5.73 Å². The van der Waals surface area contributed by atoms with E-state index in [1.807, 2.05) is 0 Å². The van der Waals surface area contributed by atoms with Gasteiger partial charge in [0.05, 0.1) is 0 Å². The molecule has 0 heterocycles. The number of nitrogens with two attached hydrogens (primary N) is 1. The van der Waals surface area contributed by atoms with Gasteiger partial charge in [0.2, 0.25) is 0 Å². The first-order chi connectivity index (χ1) is 5.20. The summed E-state index contributed by atoms with van der Waals surface area (Å²) in [5.41, 5.74) is 5.32. The third-order valence-corrected chi connectivity index (χ3v) is 3.38. The topological polar surface area (TPSA) is 63.3 Å². The molecule has 0 saturated heterocycles. The van der Waals surface area contributed by atoms with Crippen LogP contribution in [0.3, 0.4) is 0 Å². The molecule has 0 bridgehead atoms. The SMILES string of the molecule is NC(CSC1CCC1)C(=O)O. The highest BCUT2D eigenvalue weighted by molar-refractivity contribution is 8.00. The largest absolute Gasteiger partial charge is 0.480 e. The molecular formula is C7H13NO2S. The van der Waals surface area contributed by atoms with E-state index in [0.717, 1.165) is 0 Å². The summed E-state index contributed by atoms with van der Waals surface area (Å²) < 4.78 is 0. The van der Waals surface area contributed by atoms with Crippen molar-refractivity contribution in [3.8, 4) is 0 Å². The molecule has 1 aliphatic rings. The fourth-order valence-electron chi connectivity index (χ4n) is 0.848. The maximum Gasteiger partial charge on any atom is 0.321 e. The van der Waals surface area contributed by atoms with E-state index in [2.05, 4.69) is 0 Å². The summed E-state index contributed by atoms with van der Waals surface area (Å²) in [6.07, 6.45) is 3.76. The summed E-state index contributed by atoms with van der Waals surface area (Å²) in [4.78, 5) is 10.3. The number of thioether (sulfide) groups is 1. The summed E-state index contributed by atoms with van der Waals surface area (Å²) in [7, 11) is 0. The number of rotatable bonds is 4. The van der Waals surface area contributed by atoms with Crippen LogP contribution in [0.25, 0.3) is 0 Å². The molecule has 11 heavy (non-hydrogen) atoms. The van der Waals surface area contributed by atoms with Crippen LogP contribution in [0.1, 0.15) is 19.3 Å².